The van der Waals surface area contributed by atoms with Gasteiger partial charge in [-0.15, -0.1) is 11.3 Å². The molecule has 2 heteroatoms. The Morgan fingerprint density at radius 3 is 1.71 bits per heavy atom. The Labute approximate surface area is 170 Å². The van der Waals surface area contributed by atoms with Gasteiger partial charge >= 0.3 is 0 Å². The van der Waals surface area contributed by atoms with Crippen LogP contribution in [0.5, 0.6) is 0 Å². The van der Waals surface area contributed by atoms with Crippen LogP contribution in [-0.4, -0.2) is 0 Å². The fraction of sp³-hybridized carbons (Fsp3) is 0.154. The maximum atomic E-state index is 2.45. The second-order valence-electron chi connectivity index (χ2n) is 7.40. The lowest BCUT2D eigenvalue weighted by Gasteiger charge is -2.25. The summed E-state index contributed by atoms with van der Waals surface area (Å²) in [6.45, 7) is 4.58. The third-order valence-corrected chi connectivity index (χ3v) is 7.03. The summed E-state index contributed by atoms with van der Waals surface area (Å²) in [5.74, 6) is 0.591. The number of para-hydroxylation sites is 2. The van der Waals surface area contributed by atoms with Crippen LogP contribution in [0.4, 0.5) is 16.4 Å². The molecule has 3 aromatic carbocycles. The van der Waals surface area contributed by atoms with Crippen molar-refractivity contribution in [1.82, 2.24) is 0 Å². The lowest BCUT2D eigenvalue weighted by atomic mass is 9.95. The highest BCUT2D eigenvalue weighted by Crippen LogP contribution is 2.51. The van der Waals surface area contributed by atoms with E-state index in [0.29, 0.717) is 5.92 Å². The van der Waals surface area contributed by atoms with E-state index in [1.807, 2.05) is 11.3 Å². The van der Waals surface area contributed by atoms with Gasteiger partial charge in [-0.25, -0.2) is 0 Å². The first-order chi connectivity index (χ1) is 13.8. The van der Waals surface area contributed by atoms with E-state index in [4.69, 9.17) is 0 Å². The van der Waals surface area contributed by atoms with Gasteiger partial charge in [0.1, 0.15) is 5.00 Å². The molecule has 28 heavy (non-hydrogen) atoms. The molecule has 0 saturated carbocycles. The number of hydrogen-bond donors (Lipinski definition) is 0. The van der Waals surface area contributed by atoms with Gasteiger partial charge in [-0.1, -0.05) is 74.5 Å². The van der Waals surface area contributed by atoms with Crippen molar-refractivity contribution in [3.05, 3.63) is 89.8 Å². The Balaban J connectivity index is 1.81. The molecular formula is C26H23NS. The molecule has 138 valence electrons. The molecule has 4 aromatic rings. The van der Waals surface area contributed by atoms with Gasteiger partial charge in [-0.2, -0.15) is 0 Å². The van der Waals surface area contributed by atoms with E-state index in [9.17, 15) is 0 Å². The van der Waals surface area contributed by atoms with Gasteiger partial charge in [0, 0.05) is 16.0 Å². The van der Waals surface area contributed by atoms with Gasteiger partial charge in [0.05, 0.1) is 11.4 Å². The Bertz CT molecular complexity index is 1070. The molecule has 0 amide bonds. The van der Waals surface area contributed by atoms with E-state index in [1.165, 1.54) is 49.9 Å². The van der Waals surface area contributed by atoms with Crippen LogP contribution >= 0.6 is 11.3 Å². The fourth-order valence-electron chi connectivity index (χ4n) is 4.04. The summed E-state index contributed by atoms with van der Waals surface area (Å²) in [7, 11) is 0. The van der Waals surface area contributed by atoms with Crippen LogP contribution < -0.4 is 4.90 Å². The van der Waals surface area contributed by atoms with Gasteiger partial charge < -0.3 is 4.90 Å². The zero-order valence-corrected chi connectivity index (χ0v) is 17.0. The highest BCUT2D eigenvalue weighted by atomic mass is 32.1. The Morgan fingerprint density at radius 2 is 1.18 bits per heavy atom. The van der Waals surface area contributed by atoms with E-state index in [2.05, 4.69) is 104 Å². The molecule has 1 unspecified atom stereocenters. The molecule has 1 aliphatic heterocycles. The van der Waals surface area contributed by atoms with Gasteiger partial charge in [0.15, 0.2) is 0 Å². The molecule has 0 bridgehead atoms. The Morgan fingerprint density at radius 1 is 0.679 bits per heavy atom. The molecule has 0 aliphatic carbocycles. The van der Waals surface area contributed by atoms with Gasteiger partial charge in [-0.05, 0) is 47.7 Å². The monoisotopic (exact) mass is 381 g/mol. The van der Waals surface area contributed by atoms with Crippen LogP contribution in [0.25, 0.3) is 22.3 Å². The first-order valence-electron chi connectivity index (χ1n) is 9.95. The van der Waals surface area contributed by atoms with Crippen LogP contribution in [0.2, 0.25) is 0 Å². The topological polar surface area (TPSA) is 3.24 Å². The molecule has 0 N–H and O–H groups in total. The normalized spacial score (nSPS) is 13.3. The van der Waals surface area contributed by atoms with Crippen molar-refractivity contribution >= 4 is 27.7 Å². The SMILES string of the molecule is CCC(C)c1ccc(N2c3ccccc3-c3ccccc3-c3ccccc32)s1. The molecule has 0 spiro atoms. The number of fused-ring (bicyclic) bond motifs is 5. The van der Waals surface area contributed by atoms with E-state index in [1.54, 1.807) is 0 Å². The number of thiophene rings is 1. The highest BCUT2D eigenvalue weighted by molar-refractivity contribution is 7.16. The molecule has 0 fully saturated rings. The average molecular weight is 382 g/mol. The predicted molar refractivity (Wildman–Crippen MR) is 122 cm³/mol. The van der Waals surface area contributed by atoms with Crippen molar-refractivity contribution in [2.75, 3.05) is 4.90 Å². The quantitative estimate of drug-likeness (QED) is 0.303. The Kier molecular flexibility index (Phi) is 4.29. The van der Waals surface area contributed by atoms with Crippen LogP contribution in [0.15, 0.2) is 84.9 Å². The molecule has 0 radical (unpaired) electrons. The van der Waals surface area contributed by atoms with Crippen LogP contribution in [0.3, 0.4) is 0 Å². The second-order valence-corrected chi connectivity index (χ2v) is 8.49. The number of rotatable bonds is 3. The summed E-state index contributed by atoms with van der Waals surface area (Å²) >= 11 is 1.91. The molecule has 5 rings (SSSR count). The van der Waals surface area contributed by atoms with Crippen molar-refractivity contribution in [2.24, 2.45) is 0 Å². The van der Waals surface area contributed by atoms with E-state index < -0.39 is 0 Å². The predicted octanol–water partition coefficient (Wildman–Crippen LogP) is 8.38. The average Bonchev–Trinajstić information content (AvgIpc) is 3.19. The highest BCUT2D eigenvalue weighted by Gasteiger charge is 2.26. The van der Waals surface area contributed by atoms with Gasteiger partial charge in [0.2, 0.25) is 0 Å². The molecular weight excluding hydrogens is 358 g/mol. The molecule has 1 atom stereocenters. The minimum absolute atomic E-state index is 0.591. The summed E-state index contributed by atoms with van der Waals surface area (Å²) in [4.78, 5) is 3.90. The Hall–Kier alpha value is -2.84. The molecule has 1 nitrogen and oxygen atoms in total. The number of nitrogens with zero attached hydrogens (tertiary/aromatic N) is 1. The lowest BCUT2D eigenvalue weighted by Crippen LogP contribution is -2.09. The third-order valence-electron chi connectivity index (χ3n) is 5.73. The maximum Gasteiger partial charge on any atom is 0.100 e. The van der Waals surface area contributed by atoms with Crippen LogP contribution in [-0.2, 0) is 0 Å². The third kappa shape index (κ3) is 2.68. The van der Waals surface area contributed by atoms with Crippen molar-refractivity contribution in [1.29, 1.82) is 0 Å². The molecule has 0 saturated heterocycles. The van der Waals surface area contributed by atoms with Gasteiger partial charge in [0.25, 0.3) is 0 Å². The first-order valence-corrected chi connectivity index (χ1v) is 10.8. The smallest absolute Gasteiger partial charge is 0.100 e. The number of anilines is 3. The summed E-state index contributed by atoms with van der Waals surface area (Å²) in [5.41, 5.74) is 7.66. The van der Waals surface area contributed by atoms with E-state index in [-0.39, 0.29) is 0 Å². The zero-order valence-electron chi connectivity index (χ0n) is 16.2. The van der Waals surface area contributed by atoms with E-state index in [0.717, 1.165) is 0 Å². The van der Waals surface area contributed by atoms with Crippen LogP contribution in [0.1, 0.15) is 31.1 Å². The fourth-order valence-corrected chi connectivity index (χ4v) is 5.21. The number of hydrogen-bond acceptors (Lipinski definition) is 2. The molecule has 2 heterocycles. The summed E-state index contributed by atoms with van der Waals surface area (Å²) in [6, 6.07) is 30.9. The van der Waals surface area contributed by atoms with Crippen molar-refractivity contribution in [3.8, 4) is 22.3 Å². The minimum atomic E-state index is 0.591. The minimum Gasteiger partial charge on any atom is -0.301 e. The largest absolute Gasteiger partial charge is 0.301 e. The van der Waals surface area contributed by atoms with E-state index >= 15 is 0 Å². The maximum absolute atomic E-state index is 2.45. The number of benzene rings is 3. The zero-order chi connectivity index (χ0) is 19.1. The lowest BCUT2D eigenvalue weighted by molar-refractivity contribution is 0.748. The van der Waals surface area contributed by atoms with Crippen LogP contribution in [0, 0.1) is 0 Å². The first kappa shape index (κ1) is 17.3. The molecule has 1 aromatic heterocycles. The molecule has 1 aliphatic rings. The summed E-state index contributed by atoms with van der Waals surface area (Å²) < 4.78 is 0. The summed E-state index contributed by atoms with van der Waals surface area (Å²) in [6.07, 6.45) is 1.17. The van der Waals surface area contributed by atoms with Gasteiger partial charge in [-0.3, -0.25) is 0 Å². The standard InChI is InChI=1S/C26H23NS/c1-3-18(2)25-16-17-26(28-25)27-23-14-8-6-12-21(23)19-10-4-5-11-20(19)22-13-7-9-15-24(22)27/h4-18H,3H2,1-2H3. The second kappa shape index (κ2) is 6.96. The van der Waals surface area contributed by atoms with Crippen molar-refractivity contribution in [3.63, 3.8) is 0 Å². The van der Waals surface area contributed by atoms with Crippen molar-refractivity contribution < 1.29 is 0 Å². The summed E-state index contributed by atoms with van der Waals surface area (Å²) in [5, 5.41) is 1.28. The van der Waals surface area contributed by atoms with Crippen molar-refractivity contribution in [2.45, 2.75) is 26.2 Å².